The Morgan fingerprint density at radius 3 is 2.28 bits per heavy atom. The number of aromatic nitrogens is 1. The van der Waals surface area contributed by atoms with Crippen LogP contribution in [0.25, 0.3) is 0 Å². The maximum absolute atomic E-state index is 12.4. The second-order valence-electron chi connectivity index (χ2n) is 6.05. The molecule has 0 spiro atoms. The van der Waals surface area contributed by atoms with Crippen molar-refractivity contribution < 1.29 is 19.2 Å². The highest BCUT2D eigenvalue weighted by molar-refractivity contribution is 6.00. The van der Waals surface area contributed by atoms with E-state index in [1.165, 1.54) is 24.3 Å². The fourth-order valence-corrected chi connectivity index (χ4v) is 2.87. The van der Waals surface area contributed by atoms with Crippen LogP contribution in [0.15, 0.2) is 30.3 Å². The van der Waals surface area contributed by atoms with Crippen LogP contribution in [-0.4, -0.2) is 27.8 Å². The van der Waals surface area contributed by atoms with Crippen molar-refractivity contribution in [3.05, 3.63) is 63.0 Å². The molecule has 25 heavy (non-hydrogen) atoms. The van der Waals surface area contributed by atoms with Gasteiger partial charge in [0.25, 0.3) is 5.69 Å². The van der Waals surface area contributed by atoms with Crippen molar-refractivity contribution in [3.63, 3.8) is 0 Å². The number of carbonyl (C=O) groups is 2. The van der Waals surface area contributed by atoms with Crippen molar-refractivity contribution in [2.75, 3.05) is 6.61 Å². The van der Waals surface area contributed by atoms with Crippen LogP contribution in [0.4, 0.5) is 5.69 Å². The number of Topliss-reactive ketones (excluding diaryl/α,β-unsaturated/α-hetero) is 1. The second-order valence-corrected chi connectivity index (χ2v) is 6.05. The standard InChI is InChI=1S/C18H20N2O5/c1-11(2)19-12(3)9-16(13(19)4)17(21)10-25-18(22)14-5-7-15(8-6-14)20(23)24/h5-9,11H,10H2,1-4H3. The molecule has 0 saturated heterocycles. The van der Waals surface area contributed by atoms with Crippen molar-refractivity contribution in [2.45, 2.75) is 33.7 Å². The number of carbonyl (C=O) groups excluding carboxylic acids is 2. The molecule has 2 rings (SSSR count). The molecule has 1 aromatic carbocycles. The van der Waals surface area contributed by atoms with Crippen LogP contribution in [0.5, 0.6) is 0 Å². The lowest BCUT2D eigenvalue weighted by molar-refractivity contribution is -0.384. The first-order valence-electron chi connectivity index (χ1n) is 7.85. The van der Waals surface area contributed by atoms with Crippen molar-refractivity contribution >= 4 is 17.4 Å². The number of hydrogen-bond acceptors (Lipinski definition) is 5. The van der Waals surface area contributed by atoms with Gasteiger partial charge in [-0.2, -0.15) is 0 Å². The fraction of sp³-hybridized carbons (Fsp3) is 0.333. The topological polar surface area (TPSA) is 91.4 Å². The Hall–Kier alpha value is -2.96. The summed E-state index contributed by atoms with van der Waals surface area (Å²) in [4.78, 5) is 34.4. The van der Waals surface area contributed by atoms with Gasteiger partial charge in [0.15, 0.2) is 6.61 Å². The van der Waals surface area contributed by atoms with Crippen LogP contribution in [-0.2, 0) is 4.74 Å². The predicted molar refractivity (Wildman–Crippen MR) is 92.0 cm³/mol. The van der Waals surface area contributed by atoms with Crippen LogP contribution >= 0.6 is 0 Å². The molecule has 0 aliphatic rings. The van der Waals surface area contributed by atoms with Gasteiger partial charge in [0.05, 0.1) is 10.5 Å². The third-order valence-electron chi connectivity index (χ3n) is 3.95. The molecule has 0 saturated carbocycles. The van der Waals surface area contributed by atoms with Gasteiger partial charge in [-0.3, -0.25) is 14.9 Å². The summed E-state index contributed by atoms with van der Waals surface area (Å²) < 4.78 is 7.09. The molecule has 1 heterocycles. The first kappa shape index (κ1) is 18.4. The molecule has 0 N–H and O–H groups in total. The Morgan fingerprint density at radius 2 is 1.80 bits per heavy atom. The van der Waals surface area contributed by atoms with Crippen LogP contribution in [0.1, 0.15) is 52.0 Å². The number of rotatable bonds is 6. The molecule has 2 aromatic rings. The van der Waals surface area contributed by atoms with Crippen LogP contribution in [0, 0.1) is 24.0 Å². The summed E-state index contributed by atoms with van der Waals surface area (Å²) in [7, 11) is 0. The van der Waals surface area contributed by atoms with Gasteiger partial charge >= 0.3 is 5.97 Å². The molecule has 132 valence electrons. The average molecular weight is 344 g/mol. The lowest BCUT2D eigenvalue weighted by atomic mass is 10.1. The maximum atomic E-state index is 12.4. The Balaban J connectivity index is 2.06. The lowest BCUT2D eigenvalue weighted by Gasteiger charge is -2.13. The highest BCUT2D eigenvalue weighted by Crippen LogP contribution is 2.21. The number of hydrogen-bond donors (Lipinski definition) is 0. The summed E-state index contributed by atoms with van der Waals surface area (Å²) in [5.74, 6) is -0.976. The van der Waals surface area contributed by atoms with Crippen molar-refractivity contribution in [3.8, 4) is 0 Å². The van der Waals surface area contributed by atoms with E-state index in [2.05, 4.69) is 0 Å². The van der Waals surface area contributed by atoms with Gasteiger partial charge in [0.1, 0.15) is 0 Å². The molecular formula is C18H20N2O5. The number of nitrogens with zero attached hydrogens (tertiary/aromatic N) is 2. The summed E-state index contributed by atoms with van der Waals surface area (Å²) in [5, 5.41) is 10.6. The van der Waals surface area contributed by atoms with E-state index in [1.807, 2.05) is 32.3 Å². The summed E-state index contributed by atoms with van der Waals surface area (Å²) >= 11 is 0. The van der Waals surface area contributed by atoms with E-state index in [4.69, 9.17) is 4.74 Å². The van der Waals surface area contributed by atoms with Gasteiger partial charge < -0.3 is 9.30 Å². The number of benzene rings is 1. The number of nitro benzene ring substituents is 1. The Kier molecular flexibility index (Phi) is 5.36. The average Bonchev–Trinajstić information content (AvgIpc) is 2.87. The quantitative estimate of drug-likeness (QED) is 0.345. The zero-order valence-corrected chi connectivity index (χ0v) is 14.6. The summed E-state index contributed by atoms with van der Waals surface area (Å²) in [5.41, 5.74) is 2.38. The number of non-ortho nitro benzene ring substituents is 1. The third kappa shape index (κ3) is 3.93. The highest BCUT2D eigenvalue weighted by Gasteiger charge is 2.19. The van der Waals surface area contributed by atoms with Crippen molar-refractivity contribution in [1.82, 2.24) is 4.57 Å². The molecule has 0 atom stereocenters. The normalized spacial score (nSPS) is 10.8. The molecule has 0 amide bonds. The summed E-state index contributed by atoms with van der Waals surface area (Å²) in [6.45, 7) is 7.47. The first-order valence-corrected chi connectivity index (χ1v) is 7.85. The van der Waals surface area contributed by atoms with Gasteiger partial charge in [-0.1, -0.05) is 0 Å². The fourth-order valence-electron chi connectivity index (χ4n) is 2.87. The van der Waals surface area contributed by atoms with E-state index in [0.717, 1.165) is 11.4 Å². The zero-order valence-electron chi connectivity index (χ0n) is 14.6. The number of aryl methyl sites for hydroxylation is 1. The number of nitro groups is 1. The van der Waals surface area contributed by atoms with Gasteiger partial charge in [0, 0.05) is 35.1 Å². The zero-order chi connectivity index (χ0) is 18.7. The lowest BCUT2D eigenvalue weighted by Crippen LogP contribution is -2.15. The van der Waals surface area contributed by atoms with E-state index in [0.29, 0.717) is 5.56 Å². The third-order valence-corrected chi connectivity index (χ3v) is 3.95. The molecule has 0 fully saturated rings. The number of ether oxygens (including phenoxy) is 1. The summed E-state index contributed by atoms with van der Waals surface area (Å²) in [6.07, 6.45) is 0. The Morgan fingerprint density at radius 1 is 1.20 bits per heavy atom. The number of ketones is 1. The Bertz CT molecular complexity index is 819. The Labute approximate surface area is 145 Å². The molecule has 0 aliphatic heterocycles. The van der Waals surface area contributed by atoms with Gasteiger partial charge in [-0.05, 0) is 45.9 Å². The van der Waals surface area contributed by atoms with E-state index in [-0.39, 0.29) is 29.7 Å². The second kappa shape index (κ2) is 7.29. The molecule has 0 aliphatic carbocycles. The summed E-state index contributed by atoms with van der Waals surface area (Å²) in [6, 6.07) is 7.05. The van der Waals surface area contributed by atoms with E-state index in [1.54, 1.807) is 6.07 Å². The molecule has 7 nitrogen and oxygen atoms in total. The molecule has 1 aromatic heterocycles. The molecular weight excluding hydrogens is 324 g/mol. The molecule has 7 heteroatoms. The van der Waals surface area contributed by atoms with Crippen molar-refractivity contribution in [2.24, 2.45) is 0 Å². The van der Waals surface area contributed by atoms with Gasteiger partial charge in [0.2, 0.25) is 5.78 Å². The minimum absolute atomic E-state index is 0.117. The first-order chi connectivity index (χ1) is 11.7. The number of esters is 1. The van der Waals surface area contributed by atoms with Crippen LogP contribution < -0.4 is 0 Å². The van der Waals surface area contributed by atoms with Gasteiger partial charge in [-0.15, -0.1) is 0 Å². The smallest absolute Gasteiger partial charge is 0.338 e. The predicted octanol–water partition coefficient (Wildman–Crippen LogP) is 3.63. The molecule has 0 radical (unpaired) electrons. The molecule has 0 unspecified atom stereocenters. The SMILES string of the molecule is Cc1cc(C(=O)COC(=O)c2ccc([N+](=O)[O-])cc2)c(C)n1C(C)C. The minimum Gasteiger partial charge on any atom is -0.454 e. The highest BCUT2D eigenvalue weighted by atomic mass is 16.6. The van der Waals surface area contributed by atoms with Crippen LogP contribution in [0.3, 0.4) is 0 Å². The largest absolute Gasteiger partial charge is 0.454 e. The van der Waals surface area contributed by atoms with Crippen molar-refractivity contribution in [1.29, 1.82) is 0 Å². The van der Waals surface area contributed by atoms with Gasteiger partial charge in [-0.25, -0.2) is 4.79 Å². The van der Waals surface area contributed by atoms with E-state index in [9.17, 15) is 19.7 Å². The van der Waals surface area contributed by atoms with E-state index < -0.39 is 10.9 Å². The minimum atomic E-state index is -0.694. The van der Waals surface area contributed by atoms with E-state index >= 15 is 0 Å². The maximum Gasteiger partial charge on any atom is 0.338 e. The monoisotopic (exact) mass is 344 g/mol. The molecule has 0 bridgehead atoms. The van der Waals surface area contributed by atoms with Crippen LogP contribution in [0.2, 0.25) is 0 Å².